The van der Waals surface area contributed by atoms with Crippen LogP contribution in [0.25, 0.3) is 0 Å². The molecule has 2 N–H and O–H groups in total. The highest BCUT2D eigenvalue weighted by Crippen LogP contribution is 2.58. The normalized spacial score (nSPS) is 20.4. The van der Waals surface area contributed by atoms with E-state index in [-0.39, 0.29) is 11.9 Å². The molecule has 0 heterocycles. The summed E-state index contributed by atoms with van der Waals surface area (Å²) in [5, 5.41) is 12.5. The summed E-state index contributed by atoms with van der Waals surface area (Å²) in [6.07, 6.45) is 0.576. The zero-order valence-electron chi connectivity index (χ0n) is 17.1. The molecule has 0 aliphatic heterocycles. The summed E-state index contributed by atoms with van der Waals surface area (Å²) in [7, 11) is 3.22. The van der Waals surface area contributed by atoms with E-state index in [4.69, 9.17) is 9.47 Å². The van der Waals surface area contributed by atoms with Crippen molar-refractivity contribution in [3.05, 3.63) is 59.7 Å². The summed E-state index contributed by atoms with van der Waals surface area (Å²) >= 11 is 0. The van der Waals surface area contributed by atoms with Crippen LogP contribution in [0, 0.1) is 17.3 Å². The van der Waals surface area contributed by atoms with Gasteiger partial charge in [0, 0.05) is 0 Å². The second-order valence-corrected chi connectivity index (χ2v) is 8.00. The van der Waals surface area contributed by atoms with Gasteiger partial charge in [0.15, 0.2) is 0 Å². The Labute approximate surface area is 170 Å². The largest absolute Gasteiger partial charge is 0.497 e. The molecule has 0 spiro atoms. The minimum Gasteiger partial charge on any atom is -0.497 e. The monoisotopic (exact) mass is 397 g/mol. The van der Waals surface area contributed by atoms with Crippen LogP contribution < -0.4 is 14.8 Å². The van der Waals surface area contributed by atoms with Crippen molar-refractivity contribution in [3.63, 3.8) is 0 Å². The van der Waals surface area contributed by atoms with Gasteiger partial charge in [-0.2, -0.15) is 0 Å². The van der Waals surface area contributed by atoms with Crippen molar-refractivity contribution in [2.75, 3.05) is 14.2 Å². The number of nitrogens with one attached hydrogen (secondary N) is 1. The van der Waals surface area contributed by atoms with Crippen LogP contribution >= 0.6 is 0 Å². The number of hydrogen-bond acceptors (Lipinski definition) is 4. The number of amides is 1. The predicted molar refractivity (Wildman–Crippen MR) is 109 cm³/mol. The average molecular weight is 397 g/mol. The zero-order valence-corrected chi connectivity index (χ0v) is 17.1. The summed E-state index contributed by atoms with van der Waals surface area (Å²) in [5.74, 6) is -0.833. The molecule has 0 bridgehead atoms. The molecule has 1 saturated carbocycles. The standard InChI is InChI=1S/C23H27NO5/c1-23(2)19(20(23)22(26)27)21(25)24-18(15-7-11-17(29-4)12-8-15)13-14-5-9-16(28-3)10-6-14/h5-12,18-20H,13H2,1-4H3,(H,24,25)(H,26,27). The summed E-state index contributed by atoms with van der Waals surface area (Å²) in [4.78, 5) is 24.4. The van der Waals surface area contributed by atoms with Gasteiger partial charge in [0.05, 0.1) is 32.1 Å². The number of carbonyl (C=O) groups excluding carboxylic acids is 1. The lowest BCUT2D eigenvalue weighted by molar-refractivity contribution is -0.140. The number of carboxylic acid groups (broad SMARTS) is 1. The highest BCUT2D eigenvalue weighted by molar-refractivity contribution is 5.91. The summed E-state index contributed by atoms with van der Waals surface area (Å²) < 4.78 is 10.4. The van der Waals surface area contributed by atoms with E-state index in [0.717, 1.165) is 22.6 Å². The third-order valence-electron chi connectivity index (χ3n) is 5.81. The lowest BCUT2D eigenvalue weighted by Crippen LogP contribution is -2.32. The minimum absolute atomic E-state index is 0.225. The van der Waals surface area contributed by atoms with Gasteiger partial charge in [0.25, 0.3) is 0 Å². The smallest absolute Gasteiger partial charge is 0.307 e. The average Bonchev–Trinajstić information content (AvgIpc) is 3.30. The lowest BCUT2D eigenvalue weighted by atomic mass is 9.98. The Morgan fingerprint density at radius 1 is 0.966 bits per heavy atom. The van der Waals surface area contributed by atoms with Crippen molar-refractivity contribution in [1.29, 1.82) is 0 Å². The van der Waals surface area contributed by atoms with E-state index in [1.54, 1.807) is 14.2 Å². The number of aliphatic carboxylic acids is 1. The van der Waals surface area contributed by atoms with Crippen molar-refractivity contribution in [3.8, 4) is 11.5 Å². The van der Waals surface area contributed by atoms with E-state index in [2.05, 4.69) is 5.32 Å². The number of methoxy groups -OCH3 is 2. The molecule has 1 aliphatic carbocycles. The molecule has 0 saturated heterocycles. The maximum atomic E-state index is 12.9. The summed E-state index contributed by atoms with van der Waals surface area (Å²) in [5.41, 5.74) is 1.43. The molecular formula is C23H27NO5. The van der Waals surface area contributed by atoms with Gasteiger partial charge in [-0.25, -0.2) is 0 Å². The molecule has 3 rings (SSSR count). The van der Waals surface area contributed by atoms with E-state index < -0.39 is 23.2 Å². The minimum atomic E-state index is -0.925. The number of benzene rings is 2. The topological polar surface area (TPSA) is 84.9 Å². The van der Waals surface area contributed by atoms with Crippen LogP contribution in [0.4, 0.5) is 0 Å². The van der Waals surface area contributed by atoms with Gasteiger partial charge in [0.2, 0.25) is 5.91 Å². The first-order valence-corrected chi connectivity index (χ1v) is 9.58. The Bertz CT molecular complexity index is 873. The Kier molecular flexibility index (Phi) is 5.82. The maximum absolute atomic E-state index is 12.9. The second kappa shape index (κ2) is 8.15. The Morgan fingerprint density at radius 2 is 1.48 bits per heavy atom. The van der Waals surface area contributed by atoms with Crippen LogP contribution in [0.15, 0.2) is 48.5 Å². The van der Waals surface area contributed by atoms with Crippen LogP contribution in [-0.2, 0) is 16.0 Å². The first-order chi connectivity index (χ1) is 13.8. The molecule has 29 heavy (non-hydrogen) atoms. The Balaban J connectivity index is 1.82. The van der Waals surface area contributed by atoms with Gasteiger partial charge in [-0.1, -0.05) is 38.1 Å². The summed E-state index contributed by atoms with van der Waals surface area (Å²) in [6, 6.07) is 14.9. The quantitative estimate of drug-likeness (QED) is 0.713. The molecule has 3 atom stereocenters. The number of hydrogen-bond donors (Lipinski definition) is 2. The van der Waals surface area contributed by atoms with Gasteiger partial charge in [-0.05, 0) is 47.2 Å². The van der Waals surface area contributed by atoms with E-state index in [0.29, 0.717) is 6.42 Å². The summed E-state index contributed by atoms with van der Waals surface area (Å²) in [6.45, 7) is 3.64. The van der Waals surface area contributed by atoms with Gasteiger partial charge >= 0.3 is 5.97 Å². The highest BCUT2D eigenvalue weighted by atomic mass is 16.5. The molecule has 6 heteroatoms. The van der Waals surface area contributed by atoms with E-state index in [1.165, 1.54) is 0 Å². The highest BCUT2D eigenvalue weighted by Gasteiger charge is 2.66. The molecule has 6 nitrogen and oxygen atoms in total. The van der Waals surface area contributed by atoms with Crippen molar-refractivity contribution in [2.45, 2.75) is 26.3 Å². The molecule has 0 radical (unpaired) electrons. The fourth-order valence-corrected chi connectivity index (χ4v) is 3.94. The first kappa shape index (κ1) is 20.7. The van der Waals surface area contributed by atoms with Crippen LogP contribution in [0.5, 0.6) is 11.5 Å². The van der Waals surface area contributed by atoms with Gasteiger partial charge in [-0.3, -0.25) is 9.59 Å². The van der Waals surface area contributed by atoms with E-state index in [1.807, 2.05) is 62.4 Å². The Morgan fingerprint density at radius 3 is 1.93 bits per heavy atom. The van der Waals surface area contributed by atoms with Crippen LogP contribution in [0.1, 0.15) is 31.0 Å². The fraction of sp³-hybridized carbons (Fsp3) is 0.391. The van der Waals surface area contributed by atoms with Crippen LogP contribution in [0.3, 0.4) is 0 Å². The van der Waals surface area contributed by atoms with E-state index in [9.17, 15) is 14.7 Å². The number of carbonyl (C=O) groups is 2. The fourth-order valence-electron chi connectivity index (χ4n) is 3.94. The molecule has 2 aromatic carbocycles. The SMILES string of the molecule is COc1ccc(CC(NC(=O)C2C(C(=O)O)C2(C)C)c2ccc(OC)cc2)cc1. The Hall–Kier alpha value is -3.02. The van der Waals surface area contributed by atoms with Crippen molar-refractivity contribution >= 4 is 11.9 Å². The molecule has 2 aromatic rings. The van der Waals surface area contributed by atoms with E-state index >= 15 is 0 Å². The van der Waals surface area contributed by atoms with Gasteiger partial charge < -0.3 is 19.9 Å². The van der Waals surface area contributed by atoms with Crippen LogP contribution in [-0.4, -0.2) is 31.2 Å². The van der Waals surface area contributed by atoms with Crippen LogP contribution in [0.2, 0.25) is 0 Å². The molecule has 1 fully saturated rings. The maximum Gasteiger partial charge on any atom is 0.307 e. The second-order valence-electron chi connectivity index (χ2n) is 8.00. The number of carboxylic acids is 1. The first-order valence-electron chi connectivity index (χ1n) is 9.58. The van der Waals surface area contributed by atoms with Crippen molar-refractivity contribution in [1.82, 2.24) is 5.32 Å². The van der Waals surface area contributed by atoms with Crippen molar-refractivity contribution < 1.29 is 24.2 Å². The predicted octanol–water partition coefficient (Wildman–Crippen LogP) is 3.46. The number of rotatable bonds is 8. The lowest BCUT2D eigenvalue weighted by Gasteiger charge is -2.20. The molecule has 1 amide bonds. The third-order valence-corrected chi connectivity index (χ3v) is 5.81. The molecule has 3 unspecified atom stereocenters. The molecule has 1 aliphatic rings. The molecule has 154 valence electrons. The van der Waals surface area contributed by atoms with Gasteiger partial charge in [-0.15, -0.1) is 0 Å². The number of ether oxygens (including phenoxy) is 2. The molecular weight excluding hydrogens is 370 g/mol. The third kappa shape index (κ3) is 4.36. The van der Waals surface area contributed by atoms with Crippen molar-refractivity contribution in [2.24, 2.45) is 17.3 Å². The molecule has 0 aromatic heterocycles. The zero-order chi connectivity index (χ0) is 21.2. The van der Waals surface area contributed by atoms with Gasteiger partial charge in [0.1, 0.15) is 11.5 Å².